The Kier molecular flexibility index (Phi) is 7.18. The Bertz CT molecular complexity index is 1990. The Morgan fingerprint density at radius 1 is 0.422 bits per heavy atom. The summed E-state index contributed by atoms with van der Waals surface area (Å²) in [6.45, 7) is 0. The molecule has 1 aromatic heterocycles. The fourth-order valence-corrected chi connectivity index (χ4v) is 7.02. The van der Waals surface area contributed by atoms with Gasteiger partial charge in [-0.25, -0.2) is 9.97 Å². The van der Waals surface area contributed by atoms with E-state index in [1.54, 1.807) is 0 Å². The third kappa shape index (κ3) is 5.41. The van der Waals surface area contributed by atoms with Crippen molar-refractivity contribution in [3.05, 3.63) is 169 Å². The number of anilines is 1. The molecule has 8 rings (SSSR count). The van der Waals surface area contributed by atoms with E-state index in [0.29, 0.717) is 5.82 Å². The largest absolute Gasteiger partial charge is 0.368 e. The second kappa shape index (κ2) is 11.9. The van der Waals surface area contributed by atoms with E-state index in [9.17, 15) is 0 Å². The van der Waals surface area contributed by atoms with E-state index in [0.717, 1.165) is 44.8 Å². The Hall–Kier alpha value is -5.45. The van der Waals surface area contributed by atoms with Gasteiger partial charge < -0.3 is 5.32 Å². The minimum atomic E-state index is 0.229. The standard InChI is InChI=1S/C41H29N3S/c1-4-12-30(13-5-1)37-38(31-14-6-2-7-15-31)43-40(44-39(37)32-16-8-3-9-17-32)33-24-20-28(21-25-33)29-22-26-34(27-23-29)41-42-35-18-10-11-19-36(35)45-41/h1-27,41-42H. The summed E-state index contributed by atoms with van der Waals surface area (Å²) in [6.07, 6.45) is 0. The first kappa shape index (κ1) is 27.1. The van der Waals surface area contributed by atoms with Crippen molar-refractivity contribution in [3.63, 3.8) is 0 Å². The van der Waals surface area contributed by atoms with Gasteiger partial charge in [0, 0.05) is 32.8 Å². The molecule has 4 heteroatoms. The van der Waals surface area contributed by atoms with Gasteiger partial charge in [-0.1, -0.05) is 163 Å². The van der Waals surface area contributed by atoms with Crippen molar-refractivity contribution in [2.45, 2.75) is 10.3 Å². The van der Waals surface area contributed by atoms with Gasteiger partial charge in [-0.3, -0.25) is 0 Å². The molecule has 0 fully saturated rings. The van der Waals surface area contributed by atoms with Crippen LogP contribution in [0.4, 0.5) is 5.69 Å². The summed E-state index contributed by atoms with van der Waals surface area (Å²) in [6, 6.07) is 57.3. The van der Waals surface area contributed by atoms with Crippen LogP contribution < -0.4 is 5.32 Å². The number of hydrogen-bond donors (Lipinski definition) is 1. The number of rotatable bonds is 6. The highest BCUT2D eigenvalue weighted by atomic mass is 32.2. The summed E-state index contributed by atoms with van der Waals surface area (Å²) in [7, 11) is 0. The topological polar surface area (TPSA) is 37.8 Å². The number of aromatic nitrogens is 2. The molecule has 2 heterocycles. The second-order valence-electron chi connectivity index (χ2n) is 11.1. The molecular formula is C41H29N3S. The van der Waals surface area contributed by atoms with Crippen molar-refractivity contribution >= 4 is 17.4 Å². The Labute approximate surface area is 267 Å². The van der Waals surface area contributed by atoms with Crippen LogP contribution in [-0.4, -0.2) is 9.97 Å². The molecule has 1 aliphatic heterocycles. The van der Waals surface area contributed by atoms with E-state index in [4.69, 9.17) is 9.97 Å². The van der Waals surface area contributed by atoms with Gasteiger partial charge in [0.05, 0.1) is 11.4 Å². The second-order valence-corrected chi connectivity index (χ2v) is 12.2. The van der Waals surface area contributed by atoms with Gasteiger partial charge in [-0.15, -0.1) is 0 Å². The van der Waals surface area contributed by atoms with E-state index in [2.05, 4.69) is 151 Å². The molecule has 0 saturated carbocycles. The minimum Gasteiger partial charge on any atom is -0.368 e. The van der Waals surface area contributed by atoms with Crippen molar-refractivity contribution < 1.29 is 0 Å². The summed E-state index contributed by atoms with van der Waals surface area (Å²) in [5.41, 5.74) is 11.9. The van der Waals surface area contributed by atoms with Crippen molar-refractivity contribution in [1.29, 1.82) is 0 Å². The van der Waals surface area contributed by atoms with Gasteiger partial charge in [0.15, 0.2) is 5.82 Å². The van der Waals surface area contributed by atoms with Crippen molar-refractivity contribution in [1.82, 2.24) is 9.97 Å². The summed E-state index contributed by atoms with van der Waals surface area (Å²) in [5.74, 6) is 0.707. The first-order valence-electron chi connectivity index (χ1n) is 15.1. The third-order valence-corrected chi connectivity index (χ3v) is 9.41. The molecule has 7 aromatic rings. The number of benzene rings is 6. The summed E-state index contributed by atoms with van der Waals surface area (Å²) >= 11 is 1.86. The van der Waals surface area contributed by atoms with Crippen LogP contribution in [0.3, 0.4) is 0 Å². The molecule has 0 saturated heterocycles. The third-order valence-electron chi connectivity index (χ3n) is 8.17. The number of nitrogens with one attached hydrogen (secondary N) is 1. The molecule has 1 atom stereocenters. The fourth-order valence-electron chi connectivity index (χ4n) is 5.88. The molecule has 1 unspecified atom stereocenters. The molecule has 0 aliphatic carbocycles. The lowest BCUT2D eigenvalue weighted by Gasteiger charge is -2.17. The highest BCUT2D eigenvalue weighted by molar-refractivity contribution is 8.00. The number of hydrogen-bond acceptors (Lipinski definition) is 4. The summed E-state index contributed by atoms with van der Waals surface area (Å²) in [5, 5.41) is 3.86. The lowest BCUT2D eigenvalue weighted by molar-refractivity contribution is 1.13. The predicted octanol–water partition coefficient (Wildman–Crippen LogP) is 11.0. The first-order valence-corrected chi connectivity index (χ1v) is 16.0. The fraction of sp³-hybridized carbons (Fsp3) is 0.0244. The van der Waals surface area contributed by atoms with Crippen LogP contribution in [0.25, 0.3) is 56.2 Å². The minimum absolute atomic E-state index is 0.229. The van der Waals surface area contributed by atoms with Gasteiger partial charge in [0.25, 0.3) is 0 Å². The van der Waals surface area contributed by atoms with Crippen LogP contribution in [0, 0.1) is 0 Å². The SMILES string of the molecule is c1ccc(-c2nc(-c3ccc(-c4ccc(C5Nc6ccccc6S5)cc4)cc3)nc(-c3ccccc3)c2-c2ccccc2)cc1. The van der Waals surface area contributed by atoms with E-state index >= 15 is 0 Å². The molecule has 45 heavy (non-hydrogen) atoms. The lowest BCUT2D eigenvalue weighted by Crippen LogP contribution is -2.01. The molecule has 3 nitrogen and oxygen atoms in total. The molecule has 214 valence electrons. The van der Waals surface area contributed by atoms with Crippen molar-refractivity contribution in [2.24, 2.45) is 0 Å². The van der Waals surface area contributed by atoms with Crippen LogP contribution in [0.15, 0.2) is 169 Å². The Balaban J connectivity index is 1.17. The molecule has 0 amide bonds. The van der Waals surface area contributed by atoms with Crippen molar-refractivity contribution in [2.75, 3.05) is 5.32 Å². The van der Waals surface area contributed by atoms with Crippen molar-refractivity contribution in [3.8, 4) is 56.2 Å². The molecule has 0 bridgehead atoms. The number of fused-ring (bicyclic) bond motifs is 1. The van der Waals surface area contributed by atoms with Crippen LogP contribution in [-0.2, 0) is 0 Å². The number of para-hydroxylation sites is 1. The molecule has 1 N–H and O–H groups in total. The molecule has 0 radical (unpaired) electrons. The smallest absolute Gasteiger partial charge is 0.160 e. The van der Waals surface area contributed by atoms with E-state index in [1.807, 2.05) is 30.0 Å². The predicted molar refractivity (Wildman–Crippen MR) is 188 cm³/mol. The lowest BCUT2D eigenvalue weighted by atomic mass is 9.94. The number of thioether (sulfide) groups is 1. The van der Waals surface area contributed by atoms with E-state index in [1.165, 1.54) is 21.7 Å². The normalized spacial score (nSPS) is 13.6. The quantitative estimate of drug-likeness (QED) is 0.208. The summed E-state index contributed by atoms with van der Waals surface area (Å²) in [4.78, 5) is 11.8. The molecule has 1 aliphatic rings. The first-order chi connectivity index (χ1) is 22.3. The molecule has 0 spiro atoms. The van der Waals surface area contributed by atoms with Gasteiger partial charge in [-0.05, 0) is 34.4 Å². The zero-order chi connectivity index (χ0) is 30.0. The Morgan fingerprint density at radius 3 is 1.44 bits per heavy atom. The zero-order valence-electron chi connectivity index (χ0n) is 24.5. The highest BCUT2D eigenvalue weighted by Crippen LogP contribution is 2.46. The maximum atomic E-state index is 5.23. The molecular weight excluding hydrogens is 567 g/mol. The van der Waals surface area contributed by atoms with Gasteiger partial charge in [0.2, 0.25) is 0 Å². The highest BCUT2D eigenvalue weighted by Gasteiger charge is 2.23. The summed E-state index contributed by atoms with van der Waals surface area (Å²) < 4.78 is 0. The molecule has 6 aromatic carbocycles. The van der Waals surface area contributed by atoms with Crippen LogP contribution in [0.2, 0.25) is 0 Å². The average molecular weight is 596 g/mol. The maximum absolute atomic E-state index is 5.23. The van der Waals surface area contributed by atoms with Gasteiger partial charge >= 0.3 is 0 Å². The number of nitrogens with zero attached hydrogens (tertiary/aromatic N) is 2. The van der Waals surface area contributed by atoms with Gasteiger partial charge in [0.1, 0.15) is 5.37 Å². The van der Waals surface area contributed by atoms with E-state index < -0.39 is 0 Å². The van der Waals surface area contributed by atoms with E-state index in [-0.39, 0.29) is 5.37 Å². The average Bonchev–Trinajstić information content (AvgIpc) is 3.57. The van der Waals surface area contributed by atoms with Crippen LogP contribution >= 0.6 is 11.8 Å². The van der Waals surface area contributed by atoms with Gasteiger partial charge in [-0.2, -0.15) is 0 Å². The van der Waals surface area contributed by atoms with Crippen LogP contribution in [0.5, 0.6) is 0 Å². The monoisotopic (exact) mass is 595 g/mol. The Morgan fingerprint density at radius 2 is 0.889 bits per heavy atom. The van der Waals surface area contributed by atoms with Crippen LogP contribution in [0.1, 0.15) is 10.9 Å². The zero-order valence-corrected chi connectivity index (χ0v) is 25.3. The maximum Gasteiger partial charge on any atom is 0.160 e.